The van der Waals surface area contributed by atoms with Crippen LogP contribution in [0.5, 0.6) is 0 Å². The van der Waals surface area contributed by atoms with Gasteiger partial charge in [-0.05, 0) is 74.0 Å². The van der Waals surface area contributed by atoms with Crippen LogP contribution in [-0.4, -0.2) is 24.7 Å². The van der Waals surface area contributed by atoms with Crippen molar-refractivity contribution in [3.8, 4) is 6.07 Å². The first kappa shape index (κ1) is 27.6. The van der Waals surface area contributed by atoms with E-state index in [1.54, 1.807) is 43.7 Å². The number of anilines is 4. The number of benzene rings is 3. The molecule has 4 rings (SSSR count). The summed E-state index contributed by atoms with van der Waals surface area (Å²) < 4.78 is 13.7. The van der Waals surface area contributed by atoms with E-state index in [9.17, 15) is 9.18 Å². The summed E-state index contributed by atoms with van der Waals surface area (Å²) in [6, 6.07) is 22.3. The third-order valence-corrected chi connectivity index (χ3v) is 5.50. The van der Waals surface area contributed by atoms with Crippen LogP contribution in [0.2, 0.25) is 0 Å². The zero-order valence-electron chi connectivity index (χ0n) is 21.5. The molecule has 3 aromatic carbocycles. The van der Waals surface area contributed by atoms with Crippen LogP contribution in [0.4, 0.5) is 27.1 Å². The molecule has 8 heteroatoms. The summed E-state index contributed by atoms with van der Waals surface area (Å²) in [5.41, 5.74) is 6.35. The number of amides is 1. The summed E-state index contributed by atoms with van der Waals surface area (Å²) in [5, 5.41) is 18.7. The van der Waals surface area contributed by atoms with Crippen LogP contribution in [0.25, 0.3) is 10.9 Å². The zero-order valence-corrected chi connectivity index (χ0v) is 21.5. The van der Waals surface area contributed by atoms with Gasteiger partial charge in [-0.15, -0.1) is 0 Å². The van der Waals surface area contributed by atoms with Crippen molar-refractivity contribution in [2.75, 3.05) is 23.0 Å². The fraction of sp³-hybridized carbons (Fsp3) is 0.133. The first-order chi connectivity index (χ1) is 18.5. The number of carbonyl (C=O) groups excluding carboxylic acids is 1. The molecule has 0 aliphatic carbocycles. The smallest absolute Gasteiger partial charge is 0.211 e. The number of rotatable bonds is 8. The maximum Gasteiger partial charge on any atom is 0.211 e. The van der Waals surface area contributed by atoms with Crippen LogP contribution >= 0.6 is 0 Å². The van der Waals surface area contributed by atoms with Gasteiger partial charge in [0, 0.05) is 47.6 Å². The van der Waals surface area contributed by atoms with E-state index in [-0.39, 0.29) is 0 Å². The van der Waals surface area contributed by atoms with E-state index in [0.717, 1.165) is 34.4 Å². The second-order valence-electron chi connectivity index (χ2n) is 8.23. The van der Waals surface area contributed by atoms with Gasteiger partial charge < -0.3 is 16.0 Å². The lowest BCUT2D eigenvalue weighted by Crippen LogP contribution is -2.02. The summed E-state index contributed by atoms with van der Waals surface area (Å²) in [7, 11) is 1.67. The molecule has 1 aromatic heterocycles. The highest BCUT2D eigenvalue weighted by molar-refractivity contribution is 5.93. The molecule has 0 saturated carbocycles. The molecule has 192 valence electrons. The molecule has 0 unspecified atom stereocenters. The lowest BCUT2D eigenvalue weighted by atomic mass is 10.1. The third kappa shape index (κ3) is 7.73. The maximum atomic E-state index is 13.7. The lowest BCUT2D eigenvalue weighted by Gasteiger charge is -2.10. The van der Waals surface area contributed by atoms with Gasteiger partial charge in [0.05, 0.1) is 22.8 Å². The Labute approximate surface area is 221 Å². The number of halogens is 1. The van der Waals surface area contributed by atoms with Crippen LogP contribution in [0.3, 0.4) is 0 Å². The Morgan fingerprint density at radius 1 is 1.05 bits per heavy atom. The van der Waals surface area contributed by atoms with Crippen molar-refractivity contribution in [2.45, 2.75) is 20.3 Å². The highest BCUT2D eigenvalue weighted by atomic mass is 19.1. The Bertz CT molecular complexity index is 1490. The van der Waals surface area contributed by atoms with Crippen LogP contribution in [-0.2, 0) is 4.79 Å². The van der Waals surface area contributed by atoms with Crippen LogP contribution < -0.4 is 16.0 Å². The average Bonchev–Trinajstić information content (AvgIpc) is 2.94. The van der Waals surface area contributed by atoms with E-state index in [4.69, 9.17) is 5.26 Å². The summed E-state index contributed by atoms with van der Waals surface area (Å²) in [6.07, 6.45) is 6.45. The number of nitrogens with one attached hydrogen (secondary N) is 3. The van der Waals surface area contributed by atoms with Gasteiger partial charge in [0.2, 0.25) is 6.41 Å². The Morgan fingerprint density at radius 2 is 1.82 bits per heavy atom. The third-order valence-electron chi connectivity index (χ3n) is 5.50. The van der Waals surface area contributed by atoms with Crippen molar-refractivity contribution in [1.82, 2.24) is 4.98 Å². The number of aliphatic imine (C=N–C) groups is 1. The van der Waals surface area contributed by atoms with Crippen molar-refractivity contribution in [3.63, 3.8) is 0 Å². The van der Waals surface area contributed by atoms with E-state index < -0.39 is 5.82 Å². The van der Waals surface area contributed by atoms with Gasteiger partial charge in [0.15, 0.2) is 0 Å². The number of pyridine rings is 1. The van der Waals surface area contributed by atoms with Crippen molar-refractivity contribution in [1.29, 1.82) is 5.26 Å². The van der Waals surface area contributed by atoms with E-state index in [0.29, 0.717) is 23.3 Å². The molecule has 0 aliphatic heterocycles. The molecule has 0 radical (unpaired) electrons. The van der Waals surface area contributed by atoms with Crippen LogP contribution in [0.1, 0.15) is 24.5 Å². The number of aromatic nitrogens is 1. The van der Waals surface area contributed by atoms with Gasteiger partial charge in [0.25, 0.3) is 0 Å². The molecule has 7 nitrogen and oxygen atoms in total. The molecular weight excluding hydrogens is 479 g/mol. The largest absolute Gasteiger partial charge is 0.356 e. The number of carbonyl (C=O) groups is 1. The minimum absolute atomic E-state index is 0.365. The van der Waals surface area contributed by atoms with Crippen molar-refractivity contribution >= 4 is 46.3 Å². The Balaban J connectivity index is 0.000000212. The Hall–Kier alpha value is -5.03. The average molecular weight is 509 g/mol. The fourth-order valence-corrected chi connectivity index (χ4v) is 3.48. The molecule has 0 fully saturated rings. The molecule has 4 aromatic rings. The number of nitriles is 1. The monoisotopic (exact) mass is 508 g/mol. The second kappa shape index (κ2) is 13.9. The molecule has 0 bridgehead atoms. The summed E-state index contributed by atoms with van der Waals surface area (Å²) in [5.74, 6) is -0.422. The summed E-state index contributed by atoms with van der Waals surface area (Å²) in [4.78, 5) is 18.4. The van der Waals surface area contributed by atoms with E-state index in [2.05, 4.69) is 51.1 Å². The maximum absolute atomic E-state index is 13.7. The quantitative estimate of drug-likeness (QED) is 0.176. The SMILES string of the molecule is CC/C(=C\C=NC)Nc1ccc(NC=O)cc1F.Cc1ccc(Nc2ccnc3ccc(C#N)cc23)cc1. The molecule has 0 saturated heterocycles. The topological polar surface area (TPSA) is 102 Å². The Kier molecular flexibility index (Phi) is 10.1. The number of fused-ring (bicyclic) bond motifs is 1. The Morgan fingerprint density at radius 3 is 2.47 bits per heavy atom. The van der Waals surface area contributed by atoms with E-state index in [1.807, 2.05) is 37.3 Å². The highest BCUT2D eigenvalue weighted by Crippen LogP contribution is 2.26. The first-order valence-corrected chi connectivity index (χ1v) is 12.0. The number of nitrogens with zero attached hydrogens (tertiary/aromatic N) is 3. The minimum atomic E-state index is -0.422. The molecule has 0 spiro atoms. The van der Waals surface area contributed by atoms with Gasteiger partial charge in [-0.1, -0.05) is 24.6 Å². The number of hydrogen-bond donors (Lipinski definition) is 3. The van der Waals surface area contributed by atoms with Gasteiger partial charge in [-0.3, -0.25) is 14.8 Å². The number of aryl methyl sites for hydroxylation is 1. The van der Waals surface area contributed by atoms with E-state index >= 15 is 0 Å². The number of hydrogen-bond acceptors (Lipinski definition) is 6. The van der Waals surface area contributed by atoms with E-state index in [1.165, 1.54) is 11.6 Å². The standard InChI is InChI=1S/C17H13N3.C13H16FN3O/c1-12-2-5-14(6-3-12)20-17-8-9-19-16-7-4-13(11-18)10-15(16)17;1-3-10(6-7-15-2)17-13-5-4-11(16-9-18)8-12(13)14/h2-10H,1H3,(H,19,20);4-9,17H,3H2,1-2H3,(H,16,18)/b;10-6+,15-7?. The summed E-state index contributed by atoms with van der Waals surface area (Å²) in [6.45, 7) is 4.02. The number of allylic oxidation sites excluding steroid dienone is 2. The summed E-state index contributed by atoms with van der Waals surface area (Å²) >= 11 is 0. The minimum Gasteiger partial charge on any atom is -0.356 e. The van der Waals surface area contributed by atoms with Crippen molar-refractivity contribution in [2.24, 2.45) is 4.99 Å². The van der Waals surface area contributed by atoms with Crippen molar-refractivity contribution < 1.29 is 9.18 Å². The van der Waals surface area contributed by atoms with Gasteiger partial charge in [0.1, 0.15) is 5.82 Å². The molecule has 1 heterocycles. The van der Waals surface area contributed by atoms with Gasteiger partial charge in [-0.2, -0.15) is 5.26 Å². The second-order valence-corrected chi connectivity index (χ2v) is 8.23. The predicted octanol–water partition coefficient (Wildman–Crippen LogP) is 6.96. The molecule has 38 heavy (non-hydrogen) atoms. The molecule has 0 aliphatic rings. The first-order valence-electron chi connectivity index (χ1n) is 12.0. The van der Waals surface area contributed by atoms with Gasteiger partial charge in [-0.25, -0.2) is 4.39 Å². The molecule has 1 amide bonds. The predicted molar refractivity (Wildman–Crippen MR) is 153 cm³/mol. The highest BCUT2D eigenvalue weighted by Gasteiger charge is 2.05. The van der Waals surface area contributed by atoms with Crippen LogP contribution in [0.15, 0.2) is 89.7 Å². The van der Waals surface area contributed by atoms with Crippen LogP contribution in [0, 0.1) is 24.1 Å². The zero-order chi connectivity index (χ0) is 27.3. The molecular formula is C30H29FN6O. The molecule has 0 atom stereocenters. The molecule has 3 N–H and O–H groups in total. The lowest BCUT2D eigenvalue weighted by molar-refractivity contribution is -0.105. The van der Waals surface area contributed by atoms with Crippen molar-refractivity contribution in [3.05, 3.63) is 102 Å². The van der Waals surface area contributed by atoms with Gasteiger partial charge >= 0.3 is 0 Å². The fourth-order valence-electron chi connectivity index (χ4n) is 3.48. The normalized spacial score (nSPS) is 10.9.